The average molecular weight is 443 g/mol. The molecule has 1 aliphatic rings. The van der Waals surface area contributed by atoms with Crippen LogP contribution < -0.4 is 0 Å². The molecule has 1 saturated heterocycles. The molecule has 0 radical (unpaired) electrons. The van der Waals surface area contributed by atoms with Gasteiger partial charge in [-0.2, -0.15) is 20.0 Å². The fraction of sp³-hybridized carbons (Fsp3) is 0.320. The third-order valence-electron chi connectivity index (χ3n) is 6.35. The van der Waals surface area contributed by atoms with E-state index in [0.717, 1.165) is 40.7 Å². The Bertz CT molecular complexity index is 1320. The summed E-state index contributed by atoms with van der Waals surface area (Å²) in [5.41, 5.74) is 6.48. The minimum atomic E-state index is -0.236. The minimum absolute atomic E-state index is 0.0778. The highest BCUT2D eigenvalue weighted by Crippen LogP contribution is 2.34. The standard InChI is InChI=1S/C25H26N6O2/c1-15-7-8-16(2)19(12-15)24-28-23(29-33-24)21-6-5-11-30(21)25(32)20-13-17(3)18(4)14-22(20)31-26-9-10-27-31/h7-10,12-14,21H,5-6,11H2,1-4H3. The van der Waals surface area contributed by atoms with Crippen LogP contribution in [0.3, 0.4) is 0 Å². The first kappa shape index (κ1) is 21.1. The first-order valence-electron chi connectivity index (χ1n) is 11.1. The van der Waals surface area contributed by atoms with Crippen LogP contribution in [0.4, 0.5) is 0 Å². The van der Waals surface area contributed by atoms with Gasteiger partial charge in [0.1, 0.15) is 0 Å². The van der Waals surface area contributed by atoms with E-state index in [1.54, 1.807) is 12.4 Å². The van der Waals surface area contributed by atoms with Crippen molar-refractivity contribution >= 4 is 5.91 Å². The molecule has 0 spiro atoms. The molecule has 1 aliphatic heterocycles. The van der Waals surface area contributed by atoms with Crippen LogP contribution in [0.2, 0.25) is 0 Å². The van der Waals surface area contributed by atoms with Gasteiger partial charge in [0, 0.05) is 12.1 Å². The molecule has 3 heterocycles. The van der Waals surface area contributed by atoms with Gasteiger partial charge in [-0.3, -0.25) is 4.79 Å². The van der Waals surface area contributed by atoms with Crippen molar-refractivity contribution in [1.82, 2.24) is 30.0 Å². The number of benzene rings is 2. The molecule has 1 atom stereocenters. The molecule has 1 fully saturated rings. The Kier molecular flexibility index (Phi) is 5.28. The molecule has 5 rings (SSSR count). The number of nitrogens with zero attached hydrogens (tertiary/aromatic N) is 6. The van der Waals surface area contributed by atoms with Crippen molar-refractivity contribution in [2.75, 3.05) is 6.54 Å². The number of likely N-dealkylation sites (tertiary alicyclic amines) is 1. The van der Waals surface area contributed by atoms with Gasteiger partial charge in [0.15, 0.2) is 5.82 Å². The summed E-state index contributed by atoms with van der Waals surface area (Å²) in [6.45, 7) is 8.71. The van der Waals surface area contributed by atoms with Gasteiger partial charge in [0.25, 0.3) is 11.8 Å². The van der Waals surface area contributed by atoms with Crippen LogP contribution in [0.5, 0.6) is 0 Å². The number of hydrogen-bond donors (Lipinski definition) is 0. The molecular weight excluding hydrogens is 416 g/mol. The van der Waals surface area contributed by atoms with Crippen LogP contribution in [0.1, 0.15) is 57.3 Å². The summed E-state index contributed by atoms with van der Waals surface area (Å²) in [5.74, 6) is 0.948. The van der Waals surface area contributed by atoms with E-state index in [1.165, 1.54) is 4.80 Å². The maximum absolute atomic E-state index is 13.8. The van der Waals surface area contributed by atoms with Gasteiger partial charge in [0.05, 0.1) is 29.7 Å². The highest BCUT2D eigenvalue weighted by Gasteiger charge is 2.35. The lowest BCUT2D eigenvalue weighted by atomic mass is 10.0. The summed E-state index contributed by atoms with van der Waals surface area (Å²) in [6, 6.07) is 9.79. The van der Waals surface area contributed by atoms with Crippen molar-refractivity contribution in [3.63, 3.8) is 0 Å². The molecule has 0 bridgehead atoms. The summed E-state index contributed by atoms with van der Waals surface area (Å²) < 4.78 is 5.63. The Labute approximate surface area is 192 Å². The van der Waals surface area contributed by atoms with Gasteiger partial charge in [-0.05, 0) is 75.4 Å². The zero-order valence-corrected chi connectivity index (χ0v) is 19.2. The van der Waals surface area contributed by atoms with Crippen LogP contribution in [0, 0.1) is 27.7 Å². The zero-order valence-electron chi connectivity index (χ0n) is 19.2. The molecule has 0 saturated carbocycles. The Morgan fingerprint density at radius 2 is 1.76 bits per heavy atom. The molecule has 1 unspecified atom stereocenters. The minimum Gasteiger partial charge on any atom is -0.334 e. The third-order valence-corrected chi connectivity index (χ3v) is 6.35. The lowest BCUT2D eigenvalue weighted by Gasteiger charge is -2.24. The van der Waals surface area contributed by atoms with Gasteiger partial charge in [-0.25, -0.2) is 0 Å². The van der Waals surface area contributed by atoms with Crippen LogP contribution in [-0.2, 0) is 0 Å². The second kappa shape index (κ2) is 8.27. The second-order valence-corrected chi connectivity index (χ2v) is 8.70. The van der Waals surface area contributed by atoms with E-state index in [2.05, 4.69) is 21.4 Å². The molecule has 2 aromatic heterocycles. The smallest absolute Gasteiger partial charge is 0.258 e. The topological polar surface area (TPSA) is 89.9 Å². The van der Waals surface area contributed by atoms with Gasteiger partial charge in [0.2, 0.25) is 0 Å². The predicted octanol–water partition coefficient (Wildman–Crippen LogP) is 4.53. The van der Waals surface area contributed by atoms with Crippen molar-refractivity contribution in [2.24, 2.45) is 0 Å². The van der Waals surface area contributed by atoms with Gasteiger partial charge < -0.3 is 9.42 Å². The van der Waals surface area contributed by atoms with E-state index < -0.39 is 0 Å². The maximum atomic E-state index is 13.8. The normalized spacial score (nSPS) is 15.9. The second-order valence-electron chi connectivity index (χ2n) is 8.70. The molecule has 8 nitrogen and oxygen atoms in total. The highest BCUT2D eigenvalue weighted by atomic mass is 16.5. The molecule has 4 aromatic rings. The number of aryl methyl sites for hydroxylation is 4. The van der Waals surface area contributed by atoms with Crippen molar-refractivity contribution in [3.05, 3.63) is 76.4 Å². The van der Waals surface area contributed by atoms with Gasteiger partial charge >= 0.3 is 0 Å². The zero-order chi connectivity index (χ0) is 23.1. The first-order valence-corrected chi connectivity index (χ1v) is 11.1. The number of amides is 1. The van der Waals surface area contributed by atoms with Crippen molar-refractivity contribution in [1.29, 1.82) is 0 Å². The fourth-order valence-electron chi connectivity index (χ4n) is 4.36. The van der Waals surface area contributed by atoms with Crippen LogP contribution in [0.15, 0.2) is 47.2 Å². The van der Waals surface area contributed by atoms with E-state index in [9.17, 15) is 4.79 Å². The number of hydrogen-bond acceptors (Lipinski definition) is 6. The van der Waals surface area contributed by atoms with Crippen molar-refractivity contribution < 1.29 is 9.32 Å². The Morgan fingerprint density at radius 3 is 2.55 bits per heavy atom. The summed E-state index contributed by atoms with van der Waals surface area (Å²) in [5, 5.41) is 12.8. The quantitative estimate of drug-likeness (QED) is 0.461. The van der Waals surface area contributed by atoms with Crippen LogP contribution >= 0.6 is 0 Å². The Morgan fingerprint density at radius 1 is 1.00 bits per heavy atom. The van der Waals surface area contributed by atoms with Crippen LogP contribution in [-0.4, -0.2) is 42.5 Å². The van der Waals surface area contributed by atoms with E-state index in [0.29, 0.717) is 29.5 Å². The van der Waals surface area contributed by atoms with Crippen LogP contribution in [0.25, 0.3) is 17.1 Å². The summed E-state index contributed by atoms with van der Waals surface area (Å²) in [4.78, 5) is 21.8. The first-order chi connectivity index (χ1) is 15.9. The van der Waals surface area contributed by atoms with E-state index >= 15 is 0 Å². The van der Waals surface area contributed by atoms with E-state index in [-0.39, 0.29) is 11.9 Å². The molecule has 1 amide bonds. The summed E-state index contributed by atoms with van der Waals surface area (Å²) in [7, 11) is 0. The van der Waals surface area contributed by atoms with E-state index in [1.807, 2.05) is 56.9 Å². The third kappa shape index (κ3) is 3.82. The lowest BCUT2D eigenvalue weighted by Crippen LogP contribution is -2.32. The Hall–Kier alpha value is -3.81. The van der Waals surface area contributed by atoms with Crippen molar-refractivity contribution in [3.8, 4) is 17.1 Å². The maximum Gasteiger partial charge on any atom is 0.258 e. The largest absolute Gasteiger partial charge is 0.334 e. The van der Waals surface area contributed by atoms with E-state index in [4.69, 9.17) is 9.51 Å². The summed E-state index contributed by atoms with van der Waals surface area (Å²) >= 11 is 0. The lowest BCUT2D eigenvalue weighted by molar-refractivity contribution is 0.0728. The molecule has 8 heteroatoms. The molecular formula is C25H26N6O2. The SMILES string of the molecule is Cc1ccc(C)c(-c2nc(C3CCCN3C(=O)c3cc(C)c(C)cc3-n3nccn3)no2)c1. The monoisotopic (exact) mass is 442 g/mol. The molecule has 2 aromatic carbocycles. The average Bonchev–Trinajstić information content (AvgIpc) is 3.57. The molecule has 0 N–H and O–H groups in total. The fourth-order valence-corrected chi connectivity index (χ4v) is 4.36. The Balaban J connectivity index is 1.49. The van der Waals surface area contributed by atoms with Crippen molar-refractivity contribution in [2.45, 2.75) is 46.6 Å². The van der Waals surface area contributed by atoms with Gasteiger partial charge in [-0.15, -0.1) is 0 Å². The molecule has 0 aliphatic carbocycles. The highest BCUT2D eigenvalue weighted by molar-refractivity contribution is 5.98. The number of carbonyl (C=O) groups is 1. The number of rotatable bonds is 4. The molecule has 33 heavy (non-hydrogen) atoms. The summed E-state index contributed by atoms with van der Waals surface area (Å²) in [6.07, 6.45) is 4.88. The number of carbonyl (C=O) groups excluding carboxylic acids is 1. The van der Waals surface area contributed by atoms with Gasteiger partial charge in [-0.1, -0.05) is 22.9 Å². The molecule has 168 valence electrons. The number of aromatic nitrogens is 5. The predicted molar refractivity (Wildman–Crippen MR) is 123 cm³/mol.